The highest BCUT2D eigenvalue weighted by Gasteiger charge is 2.11. The van der Waals surface area contributed by atoms with E-state index < -0.39 is 0 Å². The lowest BCUT2D eigenvalue weighted by Gasteiger charge is -2.02. The van der Waals surface area contributed by atoms with Crippen molar-refractivity contribution in [3.63, 3.8) is 0 Å². The van der Waals surface area contributed by atoms with Crippen molar-refractivity contribution in [2.75, 3.05) is 0 Å². The smallest absolute Gasteiger partial charge is 0.224 e. The molecule has 92 valence electrons. The molecule has 0 saturated carbocycles. The van der Waals surface area contributed by atoms with E-state index in [9.17, 15) is 0 Å². The summed E-state index contributed by atoms with van der Waals surface area (Å²) in [5.41, 5.74) is 2.72. The zero-order valence-electron chi connectivity index (χ0n) is 10.1. The highest BCUT2D eigenvalue weighted by atomic mass is 35.5. The van der Waals surface area contributed by atoms with Gasteiger partial charge in [0.15, 0.2) is 0 Å². The molecule has 0 fully saturated rings. The molecule has 3 heterocycles. The van der Waals surface area contributed by atoms with Gasteiger partial charge in [0.1, 0.15) is 5.65 Å². The minimum Gasteiger partial charge on any atom is -0.340 e. The monoisotopic (exact) mass is 261 g/mol. The van der Waals surface area contributed by atoms with Crippen molar-refractivity contribution in [1.29, 1.82) is 0 Å². The summed E-state index contributed by atoms with van der Waals surface area (Å²) in [6.45, 7) is 0. The molecular weight excluding hydrogens is 250 g/mol. The number of aryl methyl sites for hydroxylation is 2. The third kappa shape index (κ3) is 1.86. The van der Waals surface area contributed by atoms with Crippen molar-refractivity contribution < 1.29 is 0 Å². The molecule has 0 amide bonds. The van der Waals surface area contributed by atoms with Crippen molar-refractivity contribution in [1.82, 2.24) is 24.1 Å². The van der Waals surface area contributed by atoms with Gasteiger partial charge in [-0.25, -0.2) is 9.97 Å². The fourth-order valence-corrected chi connectivity index (χ4v) is 2.22. The second-order valence-electron chi connectivity index (χ2n) is 4.31. The van der Waals surface area contributed by atoms with Crippen LogP contribution in [0.2, 0.25) is 5.28 Å². The van der Waals surface area contributed by atoms with Crippen LogP contribution < -0.4 is 0 Å². The third-order valence-electron chi connectivity index (χ3n) is 2.88. The zero-order valence-corrected chi connectivity index (χ0v) is 10.9. The molecule has 3 aromatic rings. The number of hydrogen-bond donors (Lipinski definition) is 0. The number of aromatic nitrogens is 5. The predicted molar refractivity (Wildman–Crippen MR) is 69.5 cm³/mol. The van der Waals surface area contributed by atoms with E-state index in [1.807, 2.05) is 41.7 Å². The number of nitrogens with zero attached hydrogens (tertiary/aromatic N) is 5. The molecule has 0 N–H and O–H groups in total. The molecule has 0 radical (unpaired) electrons. The highest BCUT2D eigenvalue weighted by molar-refractivity contribution is 6.28. The summed E-state index contributed by atoms with van der Waals surface area (Å²) < 4.78 is 3.85. The van der Waals surface area contributed by atoms with Gasteiger partial charge in [-0.1, -0.05) is 0 Å². The van der Waals surface area contributed by atoms with Crippen LogP contribution in [0.1, 0.15) is 11.4 Å². The van der Waals surface area contributed by atoms with Crippen LogP contribution in [0.25, 0.3) is 11.0 Å². The van der Waals surface area contributed by atoms with Crippen molar-refractivity contribution in [3.8, 4) is 0 Å². The molecule has 0 aliphatic heterocycles. The maximum atomic E-state index is 5.96. The van der Waals surface area contributed by atoms with Crippen LogP contribution >= 0.6 is 11.6 Å². The Hall–Kier alpha value is -1.88. The molecule has 0 saturated heterocycles. The summed E-state index contributed by atoms with van der Waals surface area (Å²) in [4.78, 5) is 12.9. The first-order valence-electron chi connectivity index (χ1n) is 5.58. The van der Waals surface area contributed by atoms with E-state index >= 15 is 0 Å². The van der Waals surface area contributed by atoms with Gasteiger partial charge in [0.05, 0.1) is 17.7 Å². The molecule has 6 heteroatoms. The maximum Gasteiger partial charge on any atom is 0.224 e. The fourth-order valence-electron chi connectivity index (χ4n) is 2.03. The van der Waals surface area contributed by atoms with Crippen LogP contribution in [0.3, 0.4) is 0 Å². The van der Waals surface area contributed by atoms with Crippen LogP contribution in [-0.4, -0.2) is 24.1 Å². The third-order valence-corrected chi connectivity index (χ3v) is 3.05. The minimum absolute atomic E-state index is 0.273. The van der Waals surface area contributed by atoms with E-state index in [1.54, 1.807) is 6.33 Å². The molecule has 0 aromatic carbocycles. The summed E-state index contributed by atoms with van der Waals surface area (Å²) in [7, 11) is 3.89. The molecule has 0 aliphatic carbocycles. The van der Waals surface area contributed by atoms with Gasteiger partial charge in [-0.05, 0) is 17.7 Å². The van der Waals surface area contributed by atoms with E-state index in [0.29, 0.717) is 6.42 Å². The van der Waals surface area contributed by atoms with E-state index in [0.717, 1.165) is 22.4 Å². The Kier molecular flexibility index (Phi) is 2.56. The van der Waals surface area contributed by atoms with Crippen LogP contribution in [0.15, 0.2) is 24.8 Å². The van der Waals surface area contributed by atoms with Gasteiger partial charge < -0.3 is 9.13 Å². The summed E-state index contributed by atoms with van der Waals surface area (Å²) in [5, 5.41) is 1.29. The summed E-state index contributed by atoms with van der Waals surface area (Å²) in [5.74, 6) is 0. The Morgan fingerprint density at radius 2 is 2.11 bits per heavy atom. The number of hydrogen-bond acceptors (Lipinski definition) is 3. The van der Waals surface area contributed by atoms with Gasteiger partial charge in [0.25, 0.3) is 0 Å². The molecular formula is C12H12ClN5. The SMILES string of the molecule is Cn1cnc(Cc2nc(Cl)nc3c2ccn3C)c1. The quantitative estimate of drug-likeness (QED) is 0.663. The lowest BCUT2D eigenvalue weighted by atomic mass is 10.2. The van der Waals surface area contributed by atoms with Gasteiger partial charge in [-0.15, -0.1) is 0 Å². The van der Waals surface area contributed by atoms with Crippen molar-refractivity contribution in [3.05, 3.63) is 41.5 Å². The molecule has 18 heavy (non-hydrogen) atoms. The van der Waals surface area contributed by atoms with E-state index in [-0.39, 0.29) is 5.28 Å². The first-order chi connectivity index (χ1) is 8.63. The fraction of sp³-hybridized carbons (Fsp3) is 0.250. The Balaban J connectivity index is 2.10. The summed E-state index contributed by atoms with van der Waals surface area (Å²) >= 11 is 5.96. The highest BCUT2D eigenvalue weighted by Crippen LogP contribution is 2.20. The molecule has 0 unspecified atom stereocenters. The predicted octanol–water partition coefficient (Wildman–Crippen LogP) is 1.95. The van der Waals surface area contributed by atoms with Gasteiger partial charge in [0.2, 0.25) is 5.28 Å². The Bertz CT molecular complexity index is 712. The number of rotatable bonds is 2. The van der Waals surface area contributed by atoms with Crippen molar-refractivity contribution in [2.24, 2.45) is 14.1 Å². The Morgan fingerprint density at radius 3 is 2.83 bits per heavy atom. The van der Waals surface area contributed by atoms with Gasteiger partial charge in [-0.3, -0.25) is 0 Å². The molecule has 5 nitrogen and oxygen atoms in total. The lowest BCUT2D eigenvalue weighted by Crippen LogP contribution is -1.98. The van der Waals surface area contributed by atoms with E-state index in [2.05, 4.69) is 15.0 Å². The second kappa shape index (κ2) is 4.10. The first kappa shape index (κ1) is 11.2. The zero-order chi connectivity index (χ0) is 12.7. The molecule has 3 aromatic heterocycles. The van der Waals surface area contributed by atoms with Gasteiger partial charge in [-0.2, -0.15) is 4.98 Å². The van der Waals surface area contributed by atoms with E-state index in [1.165, 1.54) is 0 Å². The second-order valence-corrected chi connectivity index (χ2v) is 4.65. The van der Waals surface area contributed by atoms with E-state index in [4.69, 9.17) is 11.6 Å². The summed E-state index contributed by atoms with van der Waals surface area (Å²) in [6.07, 6.45) is 6.37. The van der Waals surface area contributed by atoms with Gasteiger partial charge in [0, 0.05) is 38.3 Å². The number of halogens is 1. The van der Waals surface area contributed by atoms with Crippen LogP contribution in [0.4, 0.5) is 0 Å². The van der Waals surface area contributed by atoms with Crippen molar-refractivity contribution in [2.45, 2.75) is 6.42 Å². The first-order valence-corrected chi connectivity index (χ1v) is 5.95. The summed E-state index contributed by atoms with van der Waals surface area (Å²) in [6, 6.07) is 2.00. The average molecular weight is 262 g/mol. The minimum atomic E-state index is 0.273. The number of imidazole rings is 1. The Labute approximate surface area is 109 Å². The molecule has 0 aliphatic rings. The average Bonchev–Trinajstić information content (AvgIpc) is 2.87. The maximum absolute atomic E-state index is 5.96. The topological polar surface area (TPSA) is 48.5 Å². The van der Waals surface area contributed by atoms with Crippen LogP contribution in [0, 0.1) is 0 Å². The number of fused-ring (bicyclic) bond motifs is 1. The normalized spacial score (nSPS) is 11.3. The molecule has 0 bridgehead atoms. The van der Waals surface area contributed by atoms with Crippen molar-refractivity contribution >= 4 is 22.6 Å². The lowest BCUT2D eigenvalue weighted by molar-refractivity contribution is 0.911. The standard InChI is InChI=1S/C12H12ClN5/c1-17-6-8(14-7-17)5-10-9-3-4-18(2)11(9)16-12(13)15-10/h3-4,6-7H,5H2,1-2H3. The molecule has 0 spiro atoms. The van der Waals surface area contributed by atoms with Crippen LogP contribution in [0.5, 0.6) is 0 Å². The Morgan fingerprint density at radius 1 is 1.28 bits per heavy atom. The molecule has 0 atom stereocenters. The molecule has 3 rings (SSSR count). The van der Waals surface area contributed by atoms with Gasteiger partial charge >= 0.3 is 0 Å². The largest absolute Gasteiger partial charge is 0.340 e. The van der Waals surface area contributed by atoms with Crippen LogP contribution in [-0.2, 0) is 20.5 Å².